The van der Waals surface area contributed by atoms with Crippen molar-refractivity contribution in [3.8, 4) is 5.75 Å². The van der Waals surface area contributed by atoms with Gasteiger partial charge in [-0.15, -0.1) is 0 Å². The summed E-state index contributed by atoms with van der Waals surface area (Å²) in [7, 11) is 0. The van der Waals surface area contributed by atoms with Gasteiger partial charge in [-0.2, -0.15) is 0 Å². The number of β-amino-alcohol motifs (C(OH)–C–C–N with tert-alkyl or cyclic N) is 1. The summed E-state index contributed by atoms with van der Waals surface area (Å²) in [6, 6.07) is 3.19. The molecule has 1 aliphatic heterocycles. The number of hydrogen-bond donors (Lipinski definition) is 4. The standard InChI is InChI=1S/C12H14N2O5/c13-8-3-1-2-7(10(8)16)11(17)14-5-6(15)4-9(14)12(18)19/h1-3,6,9,15-16H,4-5,13H2,(H,18,19)/t6-,9-/m0/s1. The van der Waals surface area contributed by atoms with E-state index in [1.54, 1.807) is 0 Å². The highest BCUT2D eigenvalue weighted by molar-refractivity contribution is 6.00. The number of carboxylic acids is 1. The number of likely N-dealkylation sites (tertiary alicyclic amines) is 1. The molecule has 1 aliphatic rings. The van der Waals surface area contributed by atoms with Crippen LogP contribution in [0, 0.1) is 0 Å². The third kappa shape index (κ3) is 2.32. The predicted octanol–water partition coefficient (Wildman–Crippen LogP) is -0.366. The number of benzene rings is 1. The molecule has 0 saturated carbocycles. The molecule has 1 heterocycles. The number of hydrogen-bond acceptors (Lipinski definition) is 5. The molecule has 0 unspecified atom stereocenters. The van der Waals surface area contributed by atoms with Gasteiger partial charge in [0, 0.05) is 13.0 Å². The molecule has 0 aliphatic carbocycles. The van der Waals surface area contributed by atoms with Crippen LogP contribution in [0.4, 0.5) is 5.69 Å². The quantitative estimate of drug-likeness (QED) is 0.428. The Bertz CT molecular complexity index is 531. The van der Waals surface area contributed by atoms with E-state index in [9.17, 15) is 19.8 Å². The van der Waals surface area contributed by atoms with Gasteiger partial charge in [-0.1, -0.05) is 6.07 Å². The lowest BCUT2D eigenvalue weighted by molar-refractivity contribution is -0.141. The summed E-state index contributed by atoms with van der Waals surface area (Å²) >= 11 is 0. The summed E-state index contributed by atoms with van der Waals surface area (Å²) < 4.78 is 0. The van der Waals surface area contributed by atoms with Gasteiger partial charge in [0.25, 0.3) is 5.91 Å². The Hall–Kier alpha value is -2.28. The van der Waals surface area contributed by atoms with E-state index < -0.39 is 24.0 Å². The van der Waals surface area contributed by atoms with Crippen molar-refractivity contribution in [3.63, 3.8) is 0 Å². The van der Waals surface area contributed by atoms with Gasteiger partial charge < -0.3 is 26.0 Å². The SMILES string of the molecule is Nc1cccc(C(=O)N2C[C@@H](O)C[C@H]2C(=O)O)c1O. The van der Waals surface area contributed by atoms with E-state index in [1.165, 1.54) is 18.2 Å². The largest absolute Gasteiger partial charge is 0.505 e. The average molecular weight is 266 g/mol. The van der Waals surface area contributed by atoms with Gasteiger partial charge in [0.2, 0.25) is 0 Å². The maximum atomic E-state index is 12.2. The van der Waals surface area contributed by atoms with Gasteiger partial charge in [0.15, 0.2) is 5.75 Å². The number of para-hydroxylation sites is 1. The molecule has 1 aromatic carbocycles. The van der Waals surface area contributed by atoms with Gasteiger partial charge >= 0.3 is 5.97 Å². The van der Waals surface area contributed by atoms with E-state index in [0.717, 1.165) is 4.90 Å². The number of aliphatic carboxylic acids is 1. The summed E-state index contributed by atoms with van der Waals surface area (Å²) in [4.78, 5) is 24.3. The fourth-order valence-electron chi connectivity index (χ4n) is 2.16. The minimum atomic E-state index is -1.19. The fraction of sp³-hybridized carbons (Fsp3) is 0.333. The molecule has 1 fully saturated rings. The lowest BCUT2D eigenvalue weighted by atomic mass is 10.1. The Morgan fingerprint density at radius 1 is 1.37 bits per heavy atom. The van der Waals surface area contributed by atoms with E-state index in [-0.39, 0.29) is 30.0 Å². The number of nitrogens with zero attached hydrogens (tertiary/aromatic N) is 1. The number of aliphatic hydroxyl groups is 1. The first kappa shape index (κ1) is 13.2. The average Bonchev–Trinajstić information content (AvgIpc) is 2.74. The topological polar surface area (TPSA) is 124 Å². The molecule has 0 radical (unpaired) electrons. The van der Waals surface area contributed by atoms with Crippen molar-refractivity contribution >= 4 is 17.6 Å². The fourth-order valence-corrected chi connectivity index (χ4v) is 2.16. The van der Waals surface area contributed by atoms with E-state index in [4.69, 9.17) is 10.8 Å². The van der Waals surface area contributed by atoms with Crippen LogP contribution in [0.3, 0.4) is 0 Å². The zero-order valence-electron chi connectivity index (χ0n) is 9.98. The first-order valence-electron chi connectivity index (χ1n) is 5.71. The van der Waals surface area contributed by atoms with E-state index in [2.05, 4.69) is 0 Å². The van der Waals surface area contributed by atoms with Crippen LogP contribution < -0.4 is 5.73 Å². The third-order valence-electron chi connectivity index (χ3n) is 3.12. The molecule has 0 spiro atoms. The van der Waals surface area contributed by atoms with Crippen LogP contribution in [0.2, 0.25) is 0 Å². The first-order valence-corrected chi connectivity index (χ1v) is 5.71. The number of carbonyl (C=O) groups excluding carboxylic acids is 1. The van der Waals surface area contributed by atoms with Crippen LogP contribution >= 0.6 is 0 Å². The van der Waals surface area contributed by atoms with E-state index >= 15 is 0 Å². The molecule has 0 aromatic heterocycles. The van der Waals surface area contributed by atoms with Gasteiger partial charge in [-0.3, -0.25) is 4.79 Å². The monoisotopic (exact) mass is 266 g/mol. The van der Waals surface area contributed by atoms with Crippen LogP contribution in [0.5, 0.6) is 5.75 Å². The zero-order valence-corrected chi connectivity index (χ0v) is 9.98. The molecular weight excluding hydrogens is 252 g/mol. The lowest BCUT2D eigenvalue weighted by Crippen LogP contribution is -2.40. The summed E-state index contributed by atoms with van der Waals surface area (Å²) in [5.41, 5.74) is 5.46. The number of carboxylic acid groups (broad SMARTS) is 1. The second-order valence-electron chi connectivity index (χ2n) is 4.44. The Balaban J connectivity index is 2.33. The van der Waals surface area contributed by atoms with Crippen molar-refractivity contribution in [2.45, 2.75) is 18.6 Å². The van der Waals surface area contributed by atoms with Crippen LogP contribution in [0.1, 0.15) is 16.8 Å². The highest BCUT2D eigenvalue weighted by Gasteiger charge is 2.39. The summed E-state index contributed by atoms with van der Waals surface area (Å²) in [6.07, 6.45) is -0.905. The molecule has 1 saturated heterocycles. The number of phenols is 1. The minimum absolute atomic E-state index is 0.0237. The maximum Gasteiger partial charge on any atom is 0.326 e. The maximum absolute atomic E-state index is 12.2. The molecule has 1 aromatic rings. The first-order chi connectivity index (χ1) is 8.91. The molecule has 1 amide bonds. The molecule has 2 rings (SSSR count). The molecule has 7 heteroatoms. The van der Waals surface area contributed by atoms with Crippen LogP contribution in [-0.4, -0.2) is 50.8 Å². The second kappa shape index (κ2) is 4.77. The molecule has 102 valence electrons. The van der Waals surface area contributed by atoms with E-state index in [1.807, 2.05) is 0 Å². The number of aromatic hydroxyl groups is 1. The van der Waals surface area contributed by atoms with Crippen molar-refractivity contribution in [2.24, 2.45) is 0 Å². The van der Waals surface area contributed by atoms with Crippen molar-refractivity contribution in [1.82, 2.24) is 4.90 Å². The highest BCUT2D eigenvalue weighted by atomic mass is 16.4. The number of anilines is 1. The van der Waals surface area contributed by atoms with Crippen LogP contribution in [-0.2, 0) is 4.79 Å². The number of nitrogen functional groups attached to an aromatic ring is 1. The number of rotatable bonds is 2. The predicted molar refractivity (Wildman–Crippen MR) is 65.6 cm³/mol. The number of aliphatic hydroxyl groups excluding tert-OH is 1. The van der Waals surface area contributed by atoms with Crippen LogP contribution in [0.15, 0.2) is 18.2 Å². The lowest BCUT2D eigenvalue weighted by Gasteiger charge is -2.21. The molecule has 19 heavy (non-hydrogen) atoms. The second-order valence-corrected chi connectivity index (χ2v) is 4.44. The summed E-state index contributed by atoms with van der Waals surface area (Å²) in [5, 5.41) is 28.3. The van der Waals surface area contributed by atoms with Crippen molar-refractivity contribution in [3.05, 3.63) is 23.8 Å². The van der Waals surface area contributed by atoms with Gasteiger partial charge in [0.05, 0.1) is 17.4 Å². The Morgan fingerprint density at radius 3 is 2.68 bits per heavy atom. The van der Waals surface area contributed by atoms with Gasteiger partial charge in [0.1, 0.15) is 6.04 Å². The number of carbonyl (C=O) groups is 2. The third-order valence-corrected chi connectivity index (χ3v) is 3.12. The Morgan fingerprint density at radius 2 is 2.05 bits per heavy atom. The normalized spacial score (nSPS) is 22.5. The van der Waals surface area contributed by atoms with Crippen molar-refractivity contribution in [2.75, 3.05) is 12.3 Å². The number of phenolic OH excluding ortho intramolecular Hbond substituents is 1. The molecule has 5 N–H and O–H groups in total. The number of nitrogens with two attached hydrogens (primary N) is 1. The van der Waals surface area contributed by atoms with Gasteiger partial charge in [-0.05, 0) is 12.1 Å². The molecule has 7 nitrogen and oxygen atoms in total. The molecule has 0 bridgehead atoms. The van der Waals surface area contributed by atoms with Gasteiger partial charge in [-0.25, -0.2) is 4.79 Å². The van der Waals surface area contributed by atoms with Crippen molar-refractivity contribution < 1.29 is 24.9 Å². The van der Waals surface area contributed by atoms with Crippen molar-refractivity contribution in [1.29, 1.82) is 0 Å². The zero-order chi connectivity index (χ0) is 14.2. The van der Waals surface area contributed by atoms with E-state index in [0.29, 0.717) is 0 Å². The van der Waals surface area contributed by atoms with Crippen LogP contribution in [0.25, 0.3) is 0 Å². The smallest absolute Gasteiger partial charge is 0.326 e. The summed E-state index contributed by atoms with van der Waals surface area (Å²) in [6.45, 7) is -0.0793. The minimum Gasteiger partial charge on any atom is -0.505 e. The summed E-state index contributed by atoms with van der Waals surface area (Å²) in [5.74, 6) is -2.22. The highest BCUT2D eigenvalue weighted by Crippen LogP contribution is 2.28. The molecule has 2 atom stereocenters. The number of amides is 1. The Kier molecular flexibility index (Phi) is 3.30. The molecular formula is C12H14N2O5. The Labute approximate surface area is 108 Å².